The van der Waals surface area contributed by atoms with Crippen LogP contribution in [0.2, 0.25) is 0 Å². The lowest BCUT2D eigenvalue weighted by molar-refractivity contribution is 0.102. The third kappa shape index (κ3) is 2.57. The Morgan fingerprint density at radius 3 is 2.95 bits per heavy atom. The largest absolute Gasteiger partial charge is 0.403 e. The Bertz CT molecular complexity index is 740. The summed E-state index contributed by atoms with van der Waals surface area (Å²) in [5.74, 6) is -0.673. The molecule has 7 heteroatoms. The van der Waals surface area contributed by atoms with Crippen LogP contribution in [0.3, 0.4) is 0 Å². The van der Waals surface area contributed by atoms with Crippen molar-refractivity contribution in [3.05, 3.63) is 52.5 Å². The first-order valence-corrected chi connectivity index (χ1v) is 6.59. The van der Waals surface area contributed by atoms with E-state index in [1.54, 1.807) is 0 Å². The number of halogens is 1. The monoisotopic (exact) mass is 289 g/mol. The van der Waals surface area contributed by atoms with Gasteiger partial charge in [0.1, 0.15) is 5.82 Å². The van der Waals surface area contributed by atoms with Crippen molar-refractivity contribution in [2.75, 3.05) is 5.32 Å². The van der Waals surface area contributed by atoms with Crippen molar-refractivity contribution in [3.63, 3.8) is 0 Å². The highest BCUT2D eigenvalue weighted by atomic mass is 32.1. The van der Waals surface area contributed by atoms with Crippen molar-refractivity contribution in [2.45, 2.75) is 0 Å². The Hall–Kier alpha value is -2.54. The first kappa shape index (κ1) is 12.5. The quantitative estimate of drug-likeness (QED) is 0.804. The number of carbonyl (C=O) groups excluding carboxylic acids is 1. The zero-order valence-electron chi connectivity index (χ0n) is 10.0. The molecule has 0 bridgehead atoms. The second-order valence-corrected chi connectivity index (χ2v) is 4.67. The van der Waals surface area contributed by atoms with Crippen LogP contribution in [0, 0.1) is 5.82 Å². The predicted octanol–water partition coefficient (Wildman–Crippen LogP) is 3.19. The van der Waals surface area contributed by atoms with Gasteiger partial charge in [0.25, 0.3) is 11.8 Å². The van der Waals surface area contributed by atoms with E-state index in [9.17, 15) is 9.18 Å². The van der Waals surface area contributed by atoms with Crippen LogP contribution in [0.5, 0.6) is 0 Å². The highest BCUT2D eigenvalue weighted by molar-refractivity contribution is 7.08. The van der Waals surface area contributed by atoms with Crippen LogP contribution in [0.1, 0.15) is 10.4 Å². The topological polar surface area (TPSA) is 68.0 Å². The van der Waals surface area contributed by atoms with Crippen molar-refractivity contribution >= 4 is 23.3 Å². The summed E-state index contributed by atoms with van der Waals surface area (Å²) < 4.78 is 18.3. The van der Waals surface area contributed by atoms with E-state index in [0.717, 1.165) is 11.6 Å². The molecule has 0 saturated carbocycles. The summed E-state index contributed by atoms with van der Waals surface area (Å²) in [4.78, 5) is 11.9. The predicted molar refractivity (Wildman–Crippen MR) is 72.0 cm³/mol. The molecule has 0 spiro atoms. The van der Waals surface area contributed by atoms with E-state index < -0.39 is 11.7 Å². The van der Waals surface area contributed by atoms with E-state index in [2.05, 4.69) is 15.5 Å². The molecule has 0 radical (unpaired) electrons. The first-order chi connectivity index (χ1) is 9.72. The molecule has 2 aromatic heterocycles. The van der Waals surface area contributed by atoms with Crippen LogP contribution in [-0.4, -0.2) is 16.1 Å². The summed E-state index contributed by atoms with van der Waals surface area (Å²) in [6.07, 6.45) is 0. The highest BCUT2D eigenvalue weighted by Crippen LogP contribution is 2.22. The van der Waals surface area contributed by atoms with Gasteiger partial charge in [-0.1, -0.05) is 11.2 Å². The molecule has 3 aromatic rings. The molecule has 0 atom stereocenters. The third-order valence-electron chi connectivity index (χ3n) is 2.50. The van der Waals surface area contributed by atoms with Crippen molar-refractivity contribution in [1.29, 1.82) is 0 Å². The Balaban J connectivity index is 1.77. The molecule has 0 unspecified atom stereocenters. The molecule has 0 aliphatic heterocycles. The molecular weight excluding hydrogens is 281 g/mol. The fraction of sp³-hybridized carbons (Fsp3) is 0. The standard InChI is InChI=1S/C13H8FN3O2S/c14-10-3-1-2-8(6-10)11(18)15-13-17-16-12(19-13)9-4-5-20-7-9/h1-7H,(H,15,17,18). The Labute approximate surface area is 117 Å². The average Bonchev–Trinajstić information content (AvgIpc) is 3.08. The zero-order chi connectivity index (χ0) is 13.9. The molecule has 0 fully saturated rings. The van der Waals surface area contributed by atoms with Crippen LogP contribution in [0.15, 0.2) is 45.5 Å². The Kier molecular flexibility index (Phi) is 3.26. The molecule has 3 rings (SSSR count). The fourth-order valence-corrected chi connectivity index (χ4v) is 2.21. The lowest BCUT2D eigenvalue weighted by Gasteiger charge is -2.00. The number of hydrogen-bond acceptors (Lipinski definition) is 5. The normalized spacial score (nSPS) is 10.4. The van der Waals surface area contributed by atoms with Crippen molar-refractivity contribution < 1.29 is 13.6 Å². The fourth-order valence-electron chi connectivity index (χ4n) is 1.58. The van der Waals surface area contributed by atoms with E-state index in [-0.39, 0.29) is 11.6 Å². The maximum atomic E-state index is 13.0. The minimum Gasteiger partial charge on any atom is -0.403 e. The summed E-state index contributed by atoms with van der Waals surface area (Å²) in [5.41, 5.74) is 0.967. The van der Waals surface area contributed by atoms with Crippen molar-refractivity contribution in [1.82, 2.24) is 10.2 Å². The molecule has 2 heterocycles. The van der Waals surface area contributed by atoms with E-state index >= 15 is 0 Å². The maximum absolute atomic E-state index is 13.0. The van der Waals surface area contributed by atoms with E-state index in [4.69, 9.17) is 4.42 Å². The molecule has 1 aromatic carbocycles. The van der Waals surface area contributed by atoms with Crippen molar-refractivity contribution in [2.24, 2.45) is 0 Å². The molecule has 0 aliphatic rings. The van der Waals surface area contributed by atoms with Crippen LogP contribution >= 0.6 is 11.3 Å². The molecular formula is C13H8FN3O2S. The minimum absolute atomic E-state index is 0.0274. The van der Waals surface area contributed by atoms with Crippen LogP contribution < -0.4 is 5.32 Å². The third-order valence-corrected chi connectivity index (χ3v) is 3.18. The number of hydrogen-bond donors (Lipinski definition) is 1. The second-order valence-electron chi connectivity index (χ2n) is 3.89. The Morgan fingerprint density at radius 2 is 2.20 bits per heavy atom. The van der Waals surface area contributed by atoms with Gasteiger partial charge in [0.2, 0.25) is 0 Å². The zero-order valence-corrected chi connectivity index (χ0v) is 10.9. The number of aromatic nitrogens is 2. The van der Waals surface area contributed by atoms with Crippen molar-refractivity contribution in [3.8, 4) is 11.5 Å². The van der Waals surface area contributed by atoms with Gasteiger partial charge in [-0.3, -0.25) is 10.1 Å². The molecule has 20 heavy (non-hydrogen) atoms. The number of benzene rings is 1. The molecule has 5 nitrogen and oxygen atoms in total. The van der Waals surface area contributed by atoms with Crippen LogP contribution in [0.4, 0.5) is 10.4 Å². The van der Waals surface area contributed by atoms with Gasteiger partial charge in [0.05, 0.1) is 0 Å². The lowest BCUT2D eigenvalue weighted by Crippen LogP contribution is -2.12. The Morgan fingerprint density at radius 1 is 1.30 bits per heavy atom. The van der Waals surface area contributed by atoms with E-state index in [1.165, 1.54) is 29.5 Å². The van der Waals surface area contributed by atoms with Gasteiger partial charge in [-0.15, -0.1) is 5.10 Å². The summed E-state index contributed by atoms with van der Waals surface area (Å²) >= 11 is 1.50. The van der Waals surface area contributed by atoms with Crippen LogP contribution in [0.25, 0.3) is 11.5 Å². The number of nitrogens with zero attached hydrogens (tertiary/aromatic N) is 2. The molecule has 0 saturated heterocycles. The maximum Gasteiger partial charge on any atom is 0.322 e. The number of thiophene rings is 1. The summed E-state index contributed by atoms with van der Waals surface area (Å²) in [7, 11) is 0. The van der Waals surface area contributed by atoms with E-state index in [0.29, 0.717) is 5.89 Å². The van der Waals surface area contributed by atoms with Gasteiger partial charge >= 0.3 is 6.01 Å². The molecule has 1 N–H and O–H groups in total. The van der Waals surface area contributed by atoms with Gasteiger partial charge < -0.3 is 4.42 Å². The first-order valence-electron chi connectivity index (χ1n) is 5.65. The summed E-state index contributed by atoms with van der Waals surface area (Å²) in [5, 5.41) is 13.7. The van der Waals surface area contributed by atoms with E-state index in [1.807, 2.05) is 16.8 Å². The van der Waals surface area contributed by atoms with Gasteiger partial charge in [0, 0.05) is 16.5 Å². The van der Waals surface area contributed by atoms with Crippen LogP contribution in [-0.2, 0) is 0 Å². The number of amides is 1. The summed E-state index contributed by atoms with van der Waals surface area (Å²) in [6.45, 7) is 0. The van der Waals surface area contributed by atoms with Gasteiger partial charge in [-0.05, 0) is 29.6 Å². The number of rotatable bonds is 3. The van der Waals surface area contributed by atoms with Gasteiger partial charge in [0.15, 0.2) is 0 Å². The molecule has 1 amide bonds. The highest BCUT2D eigenvalue weighted by Gasteiger charge is 2.13. The lowest BCUT2D eigenvalue weighted by atomic mass is 10.2. The molecule has 100 valence electrons. The smallest absolute Gasteiger partial charge is 0.322 e. The minimum atomic E-state index is -0.509. The number of nitrogens with one attached hydrogen (secondary N) is 1. The summed E-state index contributed by atoms with van der Waals surface area (Å²) in [6, 6.07) is 7.14. The average molecular weight is 289 g/mol. The number of anilines is 1. The van der Waals surface area contributed by atoms with Gasteiger partial charge in [-0.2, -0.15) is 11.3 Å². The number of carbonyl (C=O) groups is 1. The second kappa shape index (κ2) is 5.22. The van der Waals surface area contributed by atoms with Gasteiger partial charge in [-0.25, -0.2) is 4.39 Å². The molecule has 0 aliphatic carbocycles. The SMILES string of the molecule is O=C(Nc1nnc(-c2ccsc2)o1)c1cccc(F)c1.